The van der Waals surface area contributed by atoms with Crippen molar-refractivity contribution in [1.82, 2.24) is 10.0 Å². The quantitative estimate of drug-likeness (QED) is 0.878. The van der Waals surface area contributed by atoms with Gasteiger partial charge in [-0.3, -0.25) is 0 Å². The van der Waals surface area contributed by atoms with Crippen molar-refractivity contribution in [3.63, 3.8) is 0 Å². The molecule has 1 aromatic rings. The zero-order valence-corrected chi connectivity index (χ0v) is 12.7. The Hall–Kier alpha value is -0.330. The predicted octanol–water partition coefficient (Wildman–Crippen LogP) is 2.40. The van der Waals surface area contributed by atoms with Crippen LogP contribution in [0, 0.1) is 0 Å². The Morgan fingerprint density at radius 1 is 1.28 bits per heavy atom. The largest absolute Gasteiger partial charge is 0.316 e. The van der Waals surface area contributed by atoms with E-state index in [0.29, 0.717) is 17.1 Å². The minimum Gasteiger partial charge on any atom is -0.316 e. The Morgan fingerprint density at radius 3 is 2.39 bits per heavy atom. The molecule has 0 aliphatic rings. The number of benzene rings is 1. The Balaban J connectivity index is 3.31. The molecular weight excluding hydrogens is 295 g/mol. The molecule has 0 unspecified atom stereocenters. The van der Waals surface area contributed by atoms with Crippen molar-refractivity contribution in [1.29, 1.82) is 0 Å². The lowest BCUT2D eigenvalue weighted by molar-refractivity contribution is 0.569. The van der Waals surface area contributed by atoms with Gasteiger partial charge in [0, 0.05) is 23.2 Å². The molecule has 0 saturated carbocycles. The Morgan fingerprint density at radius 2 is 1.89 bits per heavy atom. The monoisotopic (exact) mass is 310 g/mol. The number of nitrogens with one attached hydrogen (secondary N) is 2. The maximum absolute atomic E-state index is 12.1. The first-order chi connectivity index (χ1) is 8.29. The highest BCUT2D eigenvalue weighted by Crippen LogP contribution is 2.31. The minimum atomic E-state index is -3.62. The number of halogens is 2. The topological polar surface area (TPSA) is 58.2 Å². The summed E-state index contributed by atoms with van der Waals surface area (Å²) in [5.41, 5.74) is 0.576. The van der Waals surface area contributed by atoms with E-state index in [-0.39, 0.29) is 16.0 Å². The predicted molar refractivity (Wildman–Crippen MR) is 74.7 cm³/mol. The average Bonchev–Trinajstić information content (AvgIpc) is 2.21. The number of sulfonamides is 1. The van der Waals surface area contributed by atoms with Crippen LogP contribution in [0.1, 0.15) is 19.4 Å². The second kappa shape index (κ2) is 6.21. The number of rotatable bonds is 5. The van der Waals surface area contributed by atoms with Gasteiger partial charge in [-0.15, -0.1) is 0 Å². The normalized spacial score (nSPS) is 12.1. The van der Waals surface area contributed by atoms with Crippen molar-refractivity contribution >= 4 is 33.2 Å². The molecule has 0 aromatic heterocycles. The third-order valence-corrected chi connectivity index (χ3v) is 4.78. The maximum Gasteiger partial charge on any atom is 0.242 e. The summed E-state index contributed by atoms with van der Waals surface area (Å²) in [7, 11) is -1.88. The average molecular weight is 311 g/mol. The molecule has 1 aromatic carbocycles. The molecule has 1 rings (SSSR count). The Kier molecular flexibility index (Phi) is 5.43. The fourth-order valence-corrected chi connectivity index (χ4v) is 3.66. The summed E-state index contributed by atoms with van der Waals surface area (Å²) < 4.78 is 26.6. The SMILES string of the molecule is CNCc1c(Cl)ccc(S(=O)(=O)NC(C)C)c1Cl. The van der Waals surface area contributed by atoms with Crippen LogP contribution < -0.4 is 10.0 Å². The number of hydrogen-bond acceptors (Lipinski definition) is 3. The molecule has 0 fully saturated rings. The molecule has 0 bridgehead atoms. The molecule has 7 heteroatoms. The summed E-state index contributed by atoms with van der Waals surface area (Å²) >= 11 is 12.1. The Labute approximate surface area is 118 Å². The molecule has 0 atom stereocenters. The Bertz CT molecular complexity index is 530. The molecule has 4 nitrogen and oxygen atoms in total. The zero-order chi connectivity index (χ0) is 13.9. The van der Waals surface area contributed by atoms with Crippen molar-refractivity contribution in [2.75, 3.05) is 7.05 Å². The lowest BCUT2D eigenvalue weighted by Gasteiger charge is -2.14. The fourth-order valence-electron chi connectivity index (χ4n) is 1.50. The first-order valence-corrected chi connectivity index (χ1v) is 7.67. The third kappa shape index (κ3) is 3.59. The fraction of sp³-hybridized carbons (Fsp3) is 0.455. The third-order valence-electron chi connectivity index (χ3n) is 2.18. The molecule has 2 N–H and O–H groups in total. The van der Waals surface area contributed by atoms with Crippen molar-refractivity contribution in [2.24, 2.45) is 0 Å². The molecule has 0 saturated heterocycles. The van der Waals surface area contributed by atoms with Gasteiger partial charge in [0.25, 0.3) is 0 Å². The van der Waals surface area contributed by atoms with Crippen molar-refractivity contribution in [3.8, 4) is 0 Å². The van der Waals surface area contributed by atoms with Crippen molar-refractivity contribution in [3.05, 3.63) is 27.7 Å². The van der Waals surface area contributed by atoms with Gasteiger partial charge in [-0.05, 0) is 33.0 Å². The highest BCUT2D eigenvalue weighted by molar-refractivity contribution is 7.89. The van der Waals surface area contributed by atoms with E-state index in [4.69, 9.17) is 23.2 Å². The summed E-state index contributed by atoms with van der Waals surface area (Å²) in [4.78, 5) is 0.0486. The van der Waals surface area contributed by atoms with Gasteiger partial charge < -0.3 is 5.32 Å². The van der Waals surface area contributed by atoms with E-state index in [0.717, 1.165) is 0 Å². The number of hydrogen-bond donors (Lipinski definition) is 2. The van der Waals surface area contributed by atoms with Gasteiger partial charge >= 0.3 is 0 Å². The summed E-state index contributed by atoms with van der Waals surface area (Å²) in [5.74, 6) is 0. The lowest BCUT2D eigenvalue weighted by atomic mass is 10.2. The molecular formula is C11H16Cl2N2O2S. The molecule has 0 aliphatic carbocycles. The van der Waals surface area contributed by atoms with Gasteiger partial charge in [0.2, 0.25) is 10.0 Å². The summed E-state index contributed by atoms with van der Waals surface area (Å²) in [5, 5.41) is 3.50. The van der Waals surface area contributed by atoms with E-state index in [9.17, 15) is 8.42 Å². The first kappa shape index (κ1) is 15.7. The van der Waals surface area contributed by atoms with Crippen LogP contribution in [0.3, 0.4) is 0 Å². The smallest absolute Gasteiger partial charge is 0.242 e. The van der Waals surface area contributed by atoms with Gasteiger partial charge in [0.1, 0.15) is 4.90 Å². The van der Waals surface area contributed by atoms with Crippen LogP contribution in [0.25, 0.3) is 0 Å². The van der Waals surface area contributed by atoms with Crippen molar-refractivity contribution in [2.45, 2.75) is 31.3 Å². The molecule has 0 aliphatic heterocycles. The van der Waals surface area contributed by atoms with Crippen LogP contribution >= 0.6 is 23.2 Å². The van der Waals surface area contributed by atoms with Crippen LogP contribution in [0.4, 0.5) is 0 Å². The van der Waals surface area contributed by atoms with E-state index >= 15 is 0 Å². The van der Waals surface area contributed by atoms with Gasteiger partial charge in [-0.1, -0.05) is 23.2 Å². The molecule has 0 amide bonds. The van der Waals surface area contributed by atoms with Crippen LogP contribution in [0.15, 0.2) is 17.0 Å². The molecule has 0 spiro atoms. The van der Waals surface area contributed by atoms with Gasteiger partial charge in [-0.25, -0.2) is 13.1 Å². The van der Waals surface area contributed by atoms with Crippen LogP contribution in [-0.2, 0) is 16.6 Å². The summed E-state index contributed by atoms with van der Waals surface area (Å²) in [6.07, 6.45) is 0. The van der Waals surface area contributed by atoms with E-state index < -0.39 is 10.0 Å². The second-order valence-electron chi connectivity index (χ2n) is 4.14. The van der Waals surface area contributed by atoms with E-state index in [1.807, 2.05) is 0 Å². The van der Waals surface area contributed by atoms with Gasteiger partial charge in [-0.2, -0.15) is 0 Å². The van der Waals surface area contributed by atoms with Crippen LogP contribution in [0.5, 0.6) is 0 Å². The van der Waals surface area contributed by atoms with Crippen molar-refractivity contribution < 1.29 is 8.42 Å². The van der Waals surface area contributed by atoms with E-state index in [1.54, 1.807) is 20.9 Å². The highest BCUT2D eigenvalue weighted by Gasteiger charge is 2.21. The van der Waals surface area contributed by atoms with E-state index in [1.165, 1.54) is 12.1 Å². The molecule has 102 valence electrons. The standard InChI is InChI=1S/C11H16Cl2N2O2S/c1-7(2)15-18(16,17)10-5-4-9(12)8(6-14-3)11(10)13/h4-5,7,14-15H,6H2,1-3H3. The lowest BCUT2D eigenvalue weighted by Crippen LogP contribution is -2.30. The van der Waals surface area contributed by atoms with Crippen LogP contribution in [-0.4, -0.2) is 21.5 Å². The molecule has 0 radical (unpaired) electrons. The first-order valence-electron chi connectivity index (χ1n) is 5.43. The van der Waals surface area contributed by atoms with E-state index in [2.05, 4.69) is 10.0 Å². The van der Waals surface area contributed by atoms with Gasteiger partial charge in [0.05, 0.1) is 5.02 Å². The van der Waals surface area contributed by atoms with Crippen LogP contribution in [0.2, 0.25) is 10.0 Å². The molecule has 18 heavy (non-hydrogen) atoms. The molecule has 0 heterocycles. The summed E-state index contributed by atoms with van der Waals surface area (Å²) in [6, 6.07) is 2.75. The van der Waals surface area contributed by atoms with Gasteiger partial charge in [0.15, 0.2) is 0 Å². The minimum absolute atomic E-state index is 0.0486. The maximum atomic E-state index is 12.1. The second-order valence-corrected chi connectivity index (χ2v) is 6.61. The zero-order valence-electron chi connectivity index (χ0n) is 10.4. The summed E-state index contributed by atoms with van der Waals surface area (Å²) in [6.45, 7) is 3.90. The highest BCUT2D eigenvalue weighted by atomic mass is 35.5.